The molecule has 2 aromatic carbocycles. The summed E-state index contributed by atoms with van der Waals surface area (Å²) in [6.45, 7) is 0. The van der Waals surface area contributed by atoms with Crippen LogP contribution < -0.4 is 4.74 Å². The number of hydrogen-bond donors (Lipinski definition) is 0. The molecule has 3 heterocycles. The van der Waals surface area contributed by atoms with Crippen molar-refractivity contribution in [2.24, 2.45) is 0 Å². The fourth-order valence-electron chi connectivity index (χ4n) is 3.14. The Hall–Kier alpha value is -3.21. The van der Waals surface area contributed by atoms with E-state index < -0.39 is 0 Å². The standard InChI is InChI=1S/C25H17NOS2/c1-2-6-20(7-3-1)27-21-12-10-18(11-13-21)19-16-22(24-8-4-14-28-24)26-23(17-19)25-9-5-15-29-25/h1-17H. The molecule has 5 rings (SSSR count). The van der Waals surface area contributed by atoms with Crippen molar-refractivity contribution in [2.45, 2.75) is 0 Å². The molecule has 3 aromatic heterocycles. The predicted molar refractivity (Wildman–Crippen MR) is 123 cm³/mol. The summed E-state index contributed by atoms with van der Waals surface area (Å²) in [5.74, 6) is 1.66. The van der Waals surface area contributed by atoms with Crippen LogP contribution in [0.5, 0.6) is 11.5 Å². The van der Waals surface area contributed by atoms with E-state index in [0.717, 1.165) is 34.0 Å². The molecule has 0 aliphatic rings. The minimum absolute atomic E-state index is 0.825. The second-order valence-corrected chi connectivity index (χ2v) is 8.42. The highest BCUT2D eigenvalue weighted by Gasteiger charge is 2.10. The fraction of sp³-hybridized carbons (Fsp3) is 0. The highest BCUT2D eigenvalue weighted by atomic mass is 32.1. The number of rotatable bonds is 5. The van der Waals surface area contributed by atoms with Gasteiger partial charge in [-0.05, 0) is 70.4 Å². The maximum absolute atomic E-state index is 5.93. The molecule has 0 aliphatic carbocycles. The highest BCUT2D eigenvalue weighted by Crippen LogP contribution is 2.34. The topological polar surface area (TPSA) is 22.1 Å². The minimum atomic E-state index is 0.825. The van der Waals surface area contributed by atoms with Gasteiger partial charge < -0.3 is 4.74 Å². The van der Waals surface area contributed by atoms with Crippen molar-refractivity contribution in [3.63, 3.8) is 0 Å². The van der Waals surface area contributed by atoms with Crippen molar-refractivity contribution in [3.05, 3.63) is 102 Å². The predicted octanol–water partition coefficient (Wildman–Crippen LogP) is 8.00. The Morgan fingerprint density at radius 1 is 0.552 bits per heavy atom. The molecule has 29 heavy (non-hydrogen) atoms. The zero-order chi connectivity index (χ0) is 19.5. The van der Waals surface area contributed by atoms with Crippen molar-refractivity contribution in [2.75, 3.05) is 0 Å². The van der Waals surface area contributed by atoms with Gasteiger partial charge in [0.1, 0.15) is 11.5 Å². The third-order valence-electron chi connectivity index (χ3n) is 4.54. The van der Waals surface area contributed by atoms with Gasteiger partial charge in [-0.15, -0.1) is 22.7 Å². The van der Waals surface area contributed by atoms with Crippen LogP contribution in [0.15, 0.2) is 102 Å². The van der Waals surface area contributed by atoms with Crippen molar-refractivity contribution < 1.29 is 4.74 Å². The first kappa shape index (κ1) is 17.9. The van der Waals surface area contributed by atoms with Crippen molar-refractivity contribution in [3.8, 4) is 43.8 Å². The summed E-state index contributed by atoms with van der Waals surface area (Å²) < 4.78 is 5.93. The number of ether oxygens (including phenoxy) is 1. The smallest absolute Gasteiger partial charge is 0.127 e. The number of aromatic nitrogens is 1. The van der Waals surface area contributed by atoms with Gasteiger partial charge in [-0.3, -0.25) is 0 Å². The van der Waals surface area contributed by atoms with E-state index in [-0.39, 0.29) is 0 Å². The zero-order valence-corrected chi connectivity index (χ0v) is 17.1. The van der Waals surface area contributed by atoms with Gasteiger partial charge in [-0.2, -0.15) is 0 Å². The highest BCUT2D eigenvalue weighted by molar-refractivity contribution is 7.13. The first-order chi connectivity index (χ1) is 14.3. The molecule has 0 amide bonds. The van der Waals surface area contributed by atoms with Crippen LogP contribution in [-0.2, 0) is 0 Å². The average Bonchev–Trinajstić information content (AvgIpc) is 3.49. The van der Waals surface area contributed by atoms with Crippen LogP contribution in [-0.4, -0.2) is 4.98 Å². The van der Waals surface area contributed by atoms with E-state index in [9.17, 15) is 0 Å². The Kier molecular flexibility index (Phi) is 4.95. The average molecular weight is 412 g/mol. The fourth-order valence-corrected chi connectivity index (χ4v) is 4.51. The maximum atomic E-state index is 5.93. The molecule has 0 saturated heterocycles. The lowest BCUT2D eigenvalue weighted by molar-refractivity contribution is 0.483. The minimum Gasteiger partial charge on any atom is -0.457 e. The molecule has 5 aromatic rings. The van der Waals surface area contributed by atoms with Crippen molar-refractivity contribution in [1.82, 2.24) is 4.98 Å². The summed E-state index contributed by atoms with van der Waals surface area (Å²) in [5.41, 5.74) is 4.30. The van der Waals surface area contributed by atoms with Gasteiger partial charge in [0.15, 0.2) is 0 Å². The molecule has 0 radical (unpaired) electrons. The van der Waals surface area contributed by atoms with Crippen LogP contribution in [0.3, 0.4) is 0 Å². The molecule has 4 heteroatoms. The molecule has 0 spiro atoms. The molecule has 0 N–H and O–H groups in total. The molecule has 0 saturated carbocycles. The van der Waals surface area contributed by atoms with Gasteiger partial charge in [-0.1, -0.05) is 42.5 Å². The van der Waals surface area contributed by atoms with Crippen LogP contribution in [0.4, 0.5) is 0 Å². The normalized spacial score (nSPS) is 10.8. The number of pyridine rings is 1. The largest absolute Gasteiger partial charge is 0.457 e. The summed E-state index contributed by atoms with van der Waals surface area (Å²) in [6.07, 6.45) is 0. The quantitative estimate of drug-likeness (QED) is 0.292. The maximum Gasteiger partial charge on any atom is 0.127 e. The second kappa shape index (κ2) is 8.03. The van der Waals surface area contributed by atoms with Crippen molar-refractivity contribution in [1.29, 1.82) is 0 Å². The first-order valence-corrected chi connectivity index (χ1v) is 11.0. The van der Waals surface area contributed by atoms with Gasteiger partial charge in [0.2, 0.25) is 0 Å². The molecular formula is C25H17NOS2. The summed E-state index contributed by atoms with van der Waals surface area (Å²) in [4.78, 5) is 7.26. The number of para-hydroxylation sites is 1. The van der Waals surface area contributed by atoms with Gasteiger partial charge in [-0.25, -0.2) is 4.98 Å². The summed E-state index contributed by atoms with van der Waals surface area (Å²) >= 11 is 3.42. The third kappa shape index (κ3) is 3.99. The van der Waals surface area contributed by atoms with Crippen LogP contribution in [0.2, 0.25) is 0 Å². The summed E-state index contributed by atoms with van der Waals surface area (Å²) in [7, 11) is 0. The molecule has 140 valence electrons. The van der Waals surface area contributed by atoms with E-state index in [0.29, 0.717) is 0 Å². The van der Waals surface area contributed by atoms with Gasteiger partial charge in [0.05, 0.1) is 21.1 Å². The molecule has 0 bridgehead atoms. The monoisotopic (exact) mass is 411 g/mol. The zero-order valence-electron chi connectivity index (χ0n) is 15.5. The van der Waals surface area contributed by atoms with E-state index in [1.165, 1.54) is 9.75 Å². The number of nitrogens with zero attached hydrogens (tertiary/aromatic N) is 1. The second-order valence-electron chi connectivity index (χ2n) is 6.52. The Morgan fingerprint density at radius 2 is 1.14 bits per heavy atom. The lowest BCUT2D eigenvalue weighted by atomic mass is 10.0. The van der Waals surface area contributed by atoms with Crippen LogP contribution in [0.1, 0.15) is 0 Å². The van der Waals surface area contributed by atoms with E-state index in [1.807, 2.05) is 42.5 Å². The Morgan fingerprint density at radius 3 is 1.69 bits per heavy atom. The number of benzene rings is 2. The van der Waals surface area contributed by atoms with Gasteiger partial charge in [0, 0.05) is 0 Å². The molecule has 0 atom stereocenters. The summed E-state index contributed by atoms with van der Waals surface area (Å²) in [6, 6.07) is 30.8. The van der Waals surface area contributed by atoms with E-state index in [1.54, 1.807) is 22.7 Å². The lowest BCUT2D eigenvalue weighted by Gasteiger charge is -2.10. The van der Waals surface area contributed by atoms with Crippen molar-refractivity contribution >= 4 is 22.7 Å². The number of hydrogen-bond acceptors (Lipinski definition) is 4. The van der Waals surface area contributed by atoms with Crippen LogP contribution >= 0.6 is 22.7 Å². The molecule has 0 aliphatic heterocycles. The SMILES string of the molecule is c1ccc(Oc2ccc(-c3cc(-c4cccs4)nc(-c4cccs4)c3)cc2)cc1. The molecule has 0 fully saturated rings. The number of thiophene rings is 2. The Balaban J connectivity index is 1.51. The molecular weight excluding hydrogens is 394 g/mol. The van der Waals surface area contributed by atoms with Crippen LogP contribution in [0.25, 0.3) is 32.3 Å². The van der Waals surface area contributed by atoms with E-state index >= 15 is 0 Å². The summed E-state index contributed by atoms with van der Waals surface area (Å²) in [5, 5.41) is 4.18. The Labute approximate surface area is 177 Å². The molecule has 2 nitrogen and oxygen atoms in total. The third-order valence-corrected chi connectivity index (χ3v) is 6.32. The molecule has 0 unspecified atom stereocenters. The van der Waals surface area contributed by atoms with E-state index in [2.05, 4.69) is 59.3 Å². The van der Waals surface area contributed by atoms with E-state index in [4.69, 9.17) is 9.72 Å². The van der Waals surface area contributed by atoms with Gasteiger partial charge in [0.25, 0.3) is 0 Å². The first-order valence-electron chi connectivity index (χ1n) is 9.28. The Bertz CT molecular complexity index is 1140. The van der Waals surface area contributed by atoms with Crippen LogP contribution in [0, 0.1) is 0 Å². The van der Waals surface area contributed by atoms with Gasteiger partial charge >= 0.3 is 0 Å². The lowest BCUT2D eigenvalue weighted by Crippen LogP contribution is -1.89.